The van der Waals surface area contributed by atoms with Gasteiger partial charge in [0, 0.05) is 11.9 Å². The Morgan fingerprint density at radius 3 is 2.92 bits per heavy atom. The van der Waals surface area contributed by atoms with Crippen molar-refractivity contribution in [3.05, 3.63) is 40.1 Å². The van der Waals surface area contributed by atoms with Crippen molar-refractivity contribution in [3.8, 4) is 17.2 Å². The van der Waals surface area contributed by atoms with E-state index in [4.69, 9.17) is 18.8 Å². The van der Waals surface area contributed by atoms with Crippen LogP contribution in [0.25, 0.3) is 11.1 Å². The molecule has 1 aliphatic heterocycles. The van der Waals surface area contributed by atoms with Crippen LogP contribution in [0, 0.1) is 11.3 Å². The predicted molar refractivity (Wildman–Crippen MR) is 96.2 cm³/mol. The van der Waals surface area contributed by atoms with Gasteiger partial charge in [-0.3, -0.25) is 9.69 Å². The third kappa shape index (κ3) is 2.59. The highest BCUT2D eigenvalue weighted by Crippen LogP contribution is 2.37. The number of carbonyl (C=O) groups is 1. The Balaban J connectivity index is 2.08. The van der Waals surface area contributed by atoms with E-state index in [1.165, 1.54) is 16.2 Å². The lowest BCUT2D eigenvalue weighted by Gasteiger charge is -2.33. The quantitative estimate of drug-likeness (QED) is 0.845. The Labute approximate surface area is 145 Å². The first-order chi connectivity index (χ1) is 11.4. The second-order valence-corrected chi connectivity index (χ2v) is 6.84. The maximum absolute atomic E-state index is 12.2. The molecule has 0 fully saturated rings. The van der Waals surface area contributed by atoms with Crippen molar-refractivity contribution in [2.45, 2.75) is 18.9 Å². The molecule has 24 heavy (non-hydrogen) atoms. The predicted octanol–water partition coefficient (Wildman–Crippen LogP) is 1.47. The monoisotopic (exact) mass is 334 g/mol. The lowest BCUT2D eigenvalue weighted by atomic mass is 9.81. The highest BCUT2D eigenvalue weighted by Gasteiger charge is 2.38. The summed E-state index contributed by atoms with van der Waals surface area (Å²) < 4.78 is 0. The first-order valence-corrected chi connectivity index (χ1v) is 8.23. The molecule has 7 heteroatoms. The average Bonchev–Trinajstić information content (AvgIpc) is 2.95. The Morgan fingerprint density at radius 1 is 1.50 bits per heavy atom. The number of hydrogen-bond donors (Lipinski definition) is 1. The number of carbonyl (C=O) groups excluding carboxylic acids is 1. The molecule has 0 aliphatic carbocycles. The van der Waals surface area contributed by atoms with Gasteiger partial charge in [0.25, 0.3) is 0 Å². The molecule has 1 amide bonds. The summed E-state index contributed by atoms with van der Waals surface area (Å²) in [5, 5.41) is 11.0. The molecular weight excluding hydrogens is 319 g/mol. The van der Waals surface area contributed by atoms with E-state index < -0.39 is 5.54 Å². The number of rotatable bonds is 2. The largest absolute Gasteiger partial charge is 0.369 e. The topological polar surface area (TPSA) is 82.5 Å². The zero-order valence-corrected chi connectivity index (χ0v) is 14.2. The molecule has 0 unspecified atom stereocenters. The zero-order valence-electron chi connectivity index (χ0n) is 13.4. The maximum Gasteiger partial charge on any atom is 0.231 e. The molecule has 0 saturated carbocycles. The number of thiophene rings is 1. The lowest BCUT2D eigenvalue weighted by molar-refractivity contribution is -0.128. The van der Waals surface area contributed by atoms with Crippen LogP contribution < -0.4 is 11.2 Å². The van der Waals surface area contributed by atoms with Crippen molar-refractivity contribution >= 4 is 36.5 Å². The second kappa shape index (κ2) is 5.80. The van der Waals surface area contributed by atoms with Crippen molar-refractivity contribution in [1.29, 1.82) is 5.26 Å². The molecule has 0 bridgehead atoms. The number of nitrogens with zero attached hydrogens (tertiary/aromatic N) is 3. The third-order valence-electron chi connectivity index (χ3n) is 4.20. The van der Waals surface area contributed by atoms with Gasteiger partial charge in [0.1, 0.15) is 13.4 Å². The van der Waals surface area contributed by atoms with Crippen LogP contribution in [0.2, 0.25) is 0 Å². The van der Waals surface area contributed by atoms with Gasteiger partial charge in [0.2, 0.25) is 5.91 Å². The van der Waals surface area contributed by atoms with Gasteiger partial charge in [-0.1, -0.05) is 17.6 Å². The van der Waals surface area contributed by atoms with Crippen LogP contribution in [0.1, 0.15) is 23.8 Å². The molecule has 1 aromatic carbocycles. The first kappa shape index (κ1) is 16.3. The number of hydrogen-bond acceptors (Lipinski definition) is 5. The normalized spacial score (nSPS) is 20.6. The number of guanidine groups is 1. The Kier molecular flexibility index (Phi) is 3.94. The summed E-state index contributed by atoms with van der Waals surface area (Å²) >= 11 is 1.45. The van der Waals surface area contributed by atoms with Gasteiger partial charge in [0.05, 0.1) is 18.1 Å². The first-order valence-electron chi connectivity index (χ1n) is 7.35. The van der Waals surface area contributed by atoms with Gasteiger partial charge in [0.15, 0.2) is 5.96 Å². The summed E-state index contributed by atoms with van der Waals surface area (Å²) in [5.74, 6) is 0.0976. The van der Waals surface area contributed by atoms with Crippen LogP contribution in [0.15, 0.2) is 34.6 Å². The molecular formula is C17H15BN4OS. The summed E-state index contributed by atoms with van der Waals surface area (Å²) in [4.78, 5) is 18.8. The number of nitriles is 1. The highest BCUT2D eigenvalue weighted by molar-refractivity contribution is 7.11. The fraction of sp³-hybridized carbons (Fsp3) is 0.235. The van der Waals surface area contributed by atoms with Crippen molar-refractivity contribution in [2.75, 3.05) is 7.05 Å². The van der Waals surface area contributed by atoms with Crippen molar-refractivity contribution < 1.29 is 4.79 Å². The van der Waals surface area contributed by atoms with E-state index in [0.29, 0.717) is 11.0 Å². The molecule has 0 spiro atoms. The molecule has 118 valence electrons. The molecule has 1 aromatic heterocycles. The van der Waals surface area contributed by atoms with Crippen molar-refractivity contribution in [3.63, 3.8) is 0 Å². The summed E-state index contributed by atoms with van der Waals surface area (Å²) in [5.41, 5.74) is 7.96. The molecule has 2 radical (unpaired) electrons. The smallest absolute Gasteiger partial charge is 0.231 e. The molecule has 2 heterocycles. The standard InChI is InChI=1S/C17H15BN4OS/c1-17(7-13(23)22(2)16(20)21-17)15-14(18)12(9-24-15)11-5-3-4-10(6-11)8-19/h3-6,9H,7H2,1-2H3,(H2,20,21)/t17-/m0/s1. The number of benzene rings is 1. The van der Waals surface area contributed by atoms with Gasteiger partial charge < -0.3 is 5.73 Å². The van der Waals surface area contributed by atoms with E-state index in [1.54, 1.807) is 19.2 Å². The fourth-order valence-electron chi connectivity index (χ4n) is 2.80. The summed E-state index contributed by atoms with van der Waals surface area (Å²) in [7, 11) is 7.97. The van der Waals surface area contributed by atoms with Gasteiger partial charge in [-0.05, 0) is 35.6 Å². The van der Waals surface area contributed by atoms with Gasteiger partial charge in [-0.2, -0.15) is 5.26 Å². The van der Waals surface area contributed by atoms with Crippen molar-refractivity contribution in [1.82, 2.24) is 4.90 Å². The molecule has 0 saturated heterocycles. The van der Waals surface area contributed by atoms with Crippen LogP contribution in [0.5, 0.6) is 0 Å². The average molecular weight is 334 g/mol. The highest BCUT2D eigenvalue weighted by atomic mass is 32.1. The SMILES string of the molecule is [B]c1c(-c2cccc(C#N)c2)csc1[C@]1(C)CC(=O)N(C)C(N)=N1. The zero-order chi connectivity index (χ0) is 17.5. The van der Waals surface area contributed by atoms with Crippen molar-refractivity contribution in [2.24, 2.45) is 10.7 Å². The fourth-order valence-corrected chi connectivity index (χ4v) is 3.91. The van der Waals surface area contributed by atoms with Gasteiger partial charge in [-0.25, -0.2) is 4.99 Å². The molecule has 1 atom stereocenters. The number of amides is 1. The number of aliphatic imine (C=N–C) groups is 1. The summed E-state index contributed by atoms with van der Waals surface area (Å²) in [6.07, 6.45) is 0.215. The Hall–Kier alpha value is -2.59. The van der Waals surface area contributed by atoms with E-state index in [9.17, 15) is 4.79 Å². The van der Waals surface area contributed by atoms with E-state index in [2.05, 4.69) is 11.1 Å². The lowest BCUT2D eigenvalue weighted by Crippen LogP contribution is -2.48. The minimum Gasteiger partial charge on any atom is -0.369 e. The van der Waals surface area contributed by atoms with E-state index in [1.807, 2.05) is 24.4 Å². The van der Waals surface area contributed by atoms with Gasteiger partial charge in [-0.15, -0.1) is 11.3 Å². The van der Waals surface area contributed by atoms with Crippen LogP contribution >= 0.6 is 11.3 Å². The van der Waals surface area contributed by atoms with Crippen LogP contribution in [-0.2, 0) is 10.3 Å². The van der Waals surface area contributed by atoms with Crippen LogP contribution in [0.3, 0.4) is 0 Å². The Bertz CT molecular complexity index is 898. The van der Waals surface area contributed by atoms with E-state index in [-0.39, 0.29) is 18.3 Å². The maximum atomic E-state index is 12.2. The molecule has 2 aromatic rings. The van der Waals surface area contributed by atoms with E-state index >= 15 is 0 Å². The second-order valence-electron chi connectivity index (χ2n) is 5.96. The molecule has 3 rings (SSSR count). The molecule has 2 N–H and O–H groups in total. The minimum atomic E-state index is -0.770. The Morgan fingerprint density at radius 2 is 2.25 bits per heavy atom. The van der Waals surface area contributed by atoms with E-state index in [0.717, 1.165) is 16.0 Å². The third-order valence-corrected chi connectivity index (χ3v) is 5.44. The van der Waals surface area contributed by atoms with Gasteiger partial charge >= 0.3 is 0 Å². The summed E-state index contributed by atoms with van der Waals surface area (Å²) in [6, 6.07) is 9.39. The van der Waals surface area contributed by atoms with Crippen LogP contribution in [-0.4, -0.2) is 31.7 Å². The molecule has 5 nitrogen and oxygen atoms in total. The minimum absolute atomic E-state index is 0.0918. The number of nitrogens with two attached hydrogens (primary N) is 1. The summed E-state index contributed by atoms with van der Waals surface area (Å²) in [6.45, 7) is 1.86. The van der Waals surface area contributed by atoms with Crippen LogP contribution in [0.4, 0.5) is 0 Å². The molecule has 1 aliphatic rings.